The maximum absolute atomic E-state index is 4.51. The molecule has 0 aromatic carbocycles. The predicted molar refractivity (Wildman–Crippen MR) is 85.0 cm³/mol. The van der Waals surface area contributed by atoms with Crippen molar-refractivity contribution in [3.05, 3.63) is 23.3 Å². The van der Waals surface area contributed by atoms with Gasteiger partial charge in [-0.05, 0) is 47.6 Å². The number of thiophene rings is 1. The zero-order valence-corrected chi connectivity index (χ0v) is 13.8. The summed E-state index contributed by atoms with van der Waals surface area (Å²) in [6, 6.07) is 4.69. The highest BCUT2D eigenvalue weighted by Crippen LogP contribution is 2.43. The Morgan fingerprint density at radius 2 is 2.29 bits per heavy atom. The van der Waals surface area contributed by atoms with Gasteiger partial charge in [-0.15, -0.1) is 21.5 Å². The Morgan fingerprint density at radius 3 is 2.95 bits per heavy atom. The van der Waals surface area contributed by atoms with Crippen LogP contribution in [0.4, 0.5) is 0 Å². The molecule has 108 valence electrons. The number of aromatic nitrogens is 5. The standard InChI is InChI=1S/C13H13N5S3/c1-2-10-14-13(21-17-10)20-12-16-15-11(9-4-3-7-19-9)18(12)8-5-6-8/h3-4,7-8H,2,5-6H2,1H3. The van der Waals surface area contributed by atoms with Gasteiger partial charge in [0.15, 0.2) is 15.3 Å². The third kappa shape index (κ3) is 2.63. The van der Waals surface area contributed by atoms with E-state index in [2.05, 4.69) is 48.6 Å². The highest BCUT2D eigenvalue weighted by atomic mass is 32.2. The van der Waals surface area contributed by atoms with Crippen molar-refractivity contribution in [2.45, 2.75) is 41.7 Å². The second-order valence-corrected chi connectivity index (χ2v) is 7.73. The molecular formula is C13H13N5S3. The SMILES string of the molecule is CCc1nsc(Sc2nnc(-c3cccs3)n2C2CC2)n1. The van der Waals surface area contributed by atoms with E-state index >= 15 is 0 Å². The van der Waals surface area contributed by atoms with Gasteiger partial charge in [0.2, 0.25) is 0 Å². The number of aryl methyl sites for hydroxylation is 1. The van der Waals surface area contributed by atoms with Crippen LogP contribution in [0.1, 0.15) is 31.6 Å². The van der Waals surface area contributed by atoms with Crippen LogP contribution in [0.25, 0.3) is 10.7 Å². The van der Waals surface area contributed by atoms with E-state index in [0.29, 0.717) is 6.04 Å². The lowest BCUT2D eigenvalue weighted by atomic mass is 10.4. The molecule has 1 aliphatic carbocycles. The van der Waals surface area contributed by atoms with Crippen LogP contribution in [-0.4, -0.2) is 24.1 Å². The molecule has 0 bridgehead atoms. The average Bonchev–Trinajstić information content (AvgIpc) is 2.96. The molecule has 0 radical (unpaired) electrons. The number of nitrogens with zero attached hydrogens (tertiary/aromatic N) is 5. The van der Waals surface area contributed by atoms with Gasteiger partial charge in [-0.2, -0.15) is 4.37 Å². The third-order valence-electron chi connectivity index (χ3n) is 3.26. The summed E-state index contributed by atoms with van der Waals surface area (Å²) in [7, 11) is 0. The van der Waals surface area contributed by atoms with Gasteiger partial charge in [-0.25, -0.2) is 4.98 Å². The Kier molecular flexibility index (Phi) is 3.52. The van der Waals surface area contributed by atoms with E-state index in [9.17, 15) is 0 Å². The largest absolute Gasteiger partial charge is 0.298 e. The second kappa shape index (κ2) is 5.51. The van der Waals surface area contributed by atoms with E-state index in [1.807, 2.05) is 0 Å². The fraction of sp³-hybridized carbons (Fsp3) is 0.385. The van der Waals surface area contributed by atoms with E-state index in [1.54, 1.807) is 23.1 Å². The Morgan fingerprint density at radius 1 is 1.38 bits per heavy atom. The minimum absolute atomic E-state index is 0.540. The van der Waals surface area contributed by atoms with Crippen LogP contribution in [0, 0.1) is 0 Å². The molecule has 0 aliphatic heterocycles. The summed E-state index contributed by atoms with van der Waals surface area (Å²) in [5, 5.41) is 11.8. The number of hydrogen-bond donors (Lipinski definition) is 0. The Bertz CT molecular complexity index is 742. The molecule has 8 heteroatoms. The van der Waals surface area contributed by atoms with E-state index in [0.717, 1.165) is 27.6 Å². The summed E-state index contributed by atoms with van der Waals surface area (Å²) in [6.45, 7) is 2.07. The van der Waals surface area contributed by atoms with Crippen molar-refractivity contribution in [3.8, 4) is 10.7 Å². The number of hydrogen-bond acceptors (Lipinski definition) is 7. The van der Waals surface area contributed by atoms with Crippen LogP contribution >= 0.6 is 34.6 Å². The lowest BCUT2D eigenvalue weighted by Crippen LogP contribution is -1.98. The normalized spacial score (nSPS) is 14.7. The van der Waals surface area contributed by atoms with Gasteiger partial charge in [0, 0.05) is 12.5 Å². The molecule has 4 rings (SSSR count). The Labute approximate surface area is 134 Å². The van der Waals surface area contributed by atoms with Crippen LogP contribution in [0.15, 0.2) is 27.0 Å². The minimum atomic E-state index is 0.540. The molecule has 0 N–H and O–H groups in total. The van der Waals surface area contributed by atoms with Gasteiger partial charge >= 0.3 is 0 Å². The molecule has 0 amide bonds. The molecule has 0 saturated heterocycles. The fourth-order valence-electron chi connectivity index (χ4n) is 2.08. The van der Waals surface area contributed by atoms with Crippen LogP contribution in [0.2, 0.25) is 0 Å². The van der Waals surface area contributed by atoms with Gasteiger partial charge in [0.25, 0.3) is 0 Å². The van der Waals surface area contributed by atoms with Crippen LogP contribution in [-0.2, 0) is 6.42 Å². The summed E-state index contributed by atoms with van der Waals surface area (Å²) in [4.78, 5) is 5.68. The molecule has 1 aliphatic rings. The first-order valence-corrected chi connectivity index (χ1v) is 9.31. The molecule has 0 unspecified atom stereocenters. The lowest BCUT2D eigenvalue weighted by molar-refractivity contribution is 0.670. The van der Waals surface area contributed by atoms with Crippen molar-refractivity contribution < 1.29 is 0 Å². The quantitative estimate of drug-likeness (QED) is 0.707. The van der Waals surface area contributed by atoms with Crippen molar-refractivity contribution in [3.63, 3.8) is 0 Å². The molecule has 0 spiro atoms. The van der Waals surface area contributed by atoms with E-state index in [-0.39, 0.29) is 0 Å². The first kappa shape index (κ1) is 13.4. The average molecular weight is 335 g/mol. The first-order chi connectivity index (χ1) is 10.3. The van der Waals surface area contributed by atoms with Crippen LogP contribution in [0.3, 0.4) is 0 Å². The molecule has 3 heterocycles. The van der Waals surface area contributed by atoms with Crippen molar-refractivity contribution in [2.24, 2.45) is 0 Å². The van der Waals surface area contributed by atoms with Crippen molar-refractivity contribution in [2.75, 3.05) is 0 Å². The zero-order chi connectivity index (χ0) is 14.2. The molecule has 21 heavy (non-hydrogen) atoms. The smallest absolute Gasteiger partial charge is 0.198 e. The Hall–Kier alpha value is -1.25. The highest BCUT2D eigenvalue weighted by molar-refractivity contribution is 8.00. The van der Waals surface area contributed by atoms with Gasteiger partial charge in [-0.3, -0.25) is 4.57 Å². The molecule has 0 atom stereocenters. The van der Waals surface area contributed by atoms with Crippen LogP contribution < -0.4 is 0 Å². The van der Waals surface area contributed by atoms with Crippen molar-refractivity contribution in [1.29, 1.82) is 0 Å². The molecule has 1 saturated carbocycles. The maximum atomic E-state index is 4.51. The van der Waals surface area contributed by atoms with Crippen molar-refractivity contribution in [1.82, 2.24) is 24.1 Å². The monoisotopic (exact) mass is 335 g/mol. The zero-order valence-electron chi connectivity index (χ0n) is 11.4. The third-order valence-corrected chi connectivity index (χ3v) is 5.88. The van der Waals surface area contributed by atoms with Crippen LogP contribution in [0.5, 0.6) is 0 Å². The summed E-state index contributed by atoms with van der Waals surface area (Å²) < 4.78 is 7.54. The lowest BCUT2D eigenvalue weighted by Gasteiger charge is -2.05. The summed E-state index contributed by atoms with van der Waals surface area (Å²) in [5.74, 6) is 1.88. The molecule has 3 aromatic heterocycles. The van der Waals surface area contributed by atoms with E-state index < -0.39 is 0 Å². The Balaban J connectivity index is 1.69. The molecule has 3 aromatic rings. The predicted octanol–water partition coefficient (Wildman–Crippen LogP) is 3.91. The molecule has 1 fully saturated rings. The topological polar surface area (TPSA) is 56.5 Å². The minimum Gasteiger partial charge on any atom is -0.298 e. The maximum Gasteiger partial charge on any atom is 0.198 e. The fourth-order valence-corrected chi connectivity index (χ4v) is 4.50. The van der Waals surface area contributed by atoms with Gasteiger partial charge in [-0.1, -0.05) is 13.0 Å². The van der Waals surface area contributed by atoms with Gasteiger partial charge < -0.3 is 0 Å². The highest BCUT2D eigenvalue weighted by Gasteiger charge is 2.31. The van der Waals surface area contributed by atoms with Crippen molar-refractivity contribution >= 4 is 34.6 Å². The summed E-state index contributed by atoms with van der Waals surface area (Å²) >= 11 is 4.72. The first-order valence-electron chi connectivity index (χ1n) is 6.84. The molecule has 5 nitrogen and oxygen atoms in total. The number of rotatable bonds is 5. The summed E-state index contributed by atoms with van der Waals surface area (Å²) in [5.41, 5.74) is 0. The van der Waals surface area contributed by atoms with E-state index in [4.69, 9.17) is 0 Å². The van der Waals surface area contributed by atoms with Gasteiger partial charge in [0.05, 0.1) is 4.88 Å². The molecular weight excluding hydrogens is 322 g/mol. The van der Waals surface area contributed by atoms with E-state index in [1.165, 1.54) is 29.3 Å². The summed E-state index contributed by atoms with van der Waals surface area (Å²) in [6.07, 6.45) is 3.29. The van der Waals surface area contributed by atoms with Gasteiger partial charge in [0.1, 0.15) is 5.82 Å². The second-order valence-electron chi connectivity index (χ2n) is 4.82.